The zero-order valence-electron chi connectivity index (χ0n) is 16.4. The Kier molecular flexibility index (Phi) is 5.48. The van der Waals surface area contributed by atoms with Crippen LogP contribution in [0.5, 0.6) is 0 Å². The summed E-state index contributed by atoms with van der Waals surface area (Å²) in [5, 5.41) is 3.42. The van der Waals surface area contributed by atoms with E-state index < -0.39 is 6.04 Å². The van der Waals surface area contributed by atoms with E-state index in [1.807, 2.05) is 12.1 Å². The molecule has 0 amide bonds. The molecule has 148 valence electrons. The summed E-state index contributed by atoms with van der Waals surface area (Å²) in [6.07, 6.45) is 3.84. The monoisotopic (exact) mass is 380 g/mol. The zero-order valence-corrected chi connectivity index (χ0v) is 16.4. The van der Waals surface area contributed by atoms with Gasteiger partial charge in [-0.3, -0.25) is 4.79 Å². The average Bonchev–Trinajstić information content (AvgIpc) is 2.70. The molecule has 1 aromatic heterocycles. The summed E-state index contributed by atoms with van der Waals surface area (Å²) in [4.78, 5) is 18.6. The van der Waals surface area contributed by atoms with Gasteiger partial charge in [0.15, 0.2) is 0 Å². The Labute approximate surface area is 166 Å². The molecule has 0 bridgehead atoms. The van der Waals surface area contributed by atoms with Gasteiger partial charge in [-0.15, -0.1) is 0 Å². The van der Waals surface area contributed by atoms with Crippen LogP contribution in [0.1, 0.15) is 23.2 Å². The minimum absolute atomic E-state index is 0.374. The van der Waals surface area contributed by atoms with Crippen LogP contribution in [0, 0.1) is 5.92 Å². The molecule has 1 saturated heterocycles. The fourth-order valence-corrected chi connectivity index (χ4v) is 4.02. The highest BCUT2D eigenvalue weighted by Crippen LogP contribution is 2.28. The molecule has 1 aromatic carbocycles. The van der Waals surface area contributed by atoms with Crippen LogP contribution >= 0.6 is 0 Å². The van der Waals surface area contributed by atoms with Crippen LogP contribution in [-0.4, -0.2) is 43.7 Å². The number of pyridine rings is 1. The van der Waals surface area contributed by atoms with Crippen LogP contribution in [0.2, 0.25) is 0 Å². The SMILES string of the molecule is COC(=O)[C@@H](N)Cc1ccc(N2CC(Cc3ccc4c(n3)NCCC4)C2)cc1. The van der Waals surface area contributed by atoms with Gasteiger partial charge in [-0.25, -0.2) is 4.98 Å². The Morgan fingerprint density at radius 1 is 1.29 bits per heavy atom. The molecule has 28 heavy (non-hydrogen) atoms. The number of methoxy groups -OCH3 is 1. The molecular weight excluding hydrogens is 352 g/mol. The van der Waals surface area contributed by atoms with E-state index in [9.17, 15) is 4.79 Å². The number of ether oxygens (including phenoxy) is 1. The van der Waals surface area contributed by atoms with E-state index in [1.54, 1.807) is 0 Å². The van der Waals surface area contributed by atoms with Gasteiger partial charge >= 0.3 is 5.97 Å². The molecule has 2 aliphatic heterocycles. The first-order valence-corrected chi connectivity index (χ1v) is 10.0. The number of hydrogen-bond acceptors (Lipinski definition) is 6. The summed E-state index contributed by atoms with van der Waals surface area (Å²) in [6, 6.07) is 12.1. The summed E-state index contributed by atoms with van der Waals surface area (Å²) >= 11 is 0. The van der Waals surface area contributed by atoms with E-state index >= 15 is 0 Å². The molecule has 1 fully saturated rings. The third-order valence-corrected chi connectivity index (χ3v) is 5.67. The number of aromatic nitrogens is 1. The number of rotatable bonds is 6. The van der Waals surface area contributed by atoms with Crippen molar-refractivity contribution in [3.63, 3.8) is 0 Å². The molecule has 6 nitrogen and oxygen atoms in total. The largest absolute Gasteiger partial charge is 0.468 e. The Bertz CT molecular complexity index is 831. The molecule has 6 heteroatoms. The first-order valence-electron chi connectivity index (χ1n) is 10.0. The van der Waals surface area contributed by atoms with Crippen molar-refractivity contribution in [1.82, 2.24) is 4.98 Å². The van der Waals surface area contributed by atoms with E-state index in [4.69, 9.17) is 10.7 Å². The van der Waals surface area contributed by atoms with Gasteiger partial charge in [0.1, 0.15) is 11.9 Å². The van der Waals surface area contributed by atoms with Gasteiger partial charge in [0.05, 0.1) is 7.11 Å². The van der Waals surface area contributed by atoms with Crippen molar-refractivity contribution < 1.29 is 9.53 Å². The number of hydrogen-bond donors (Lipinski definition) is 2. The zero-order chi connectivity index (χ0) is 19.5. The maximum absolute atomic E-state index is 11.4. The predicted octanol–water partition coefficient (Wildman–Crippen LogP) is 2.16. The third-order valence-electron chi connectivity index (χ3n) is 5.67. The molecule has 2 aromatic rings. The topological polar surface area (TPSA) is 80.5 Å². The summed E-state index contributed by atoms with van der Waals surface area (Å²) in [7, 11) is 1.36. The van der Waals surface area contributed by atoms with Crippen molar-refractivity contribution in [2.45, 2.75) is 31.7 Å². The number of fused-ring (bicyclic) bond motifs is 1. The Morgan fingerprint density at radius 2 is 2.07 bits per heavy atom. The smallest absolute Gasteiger partial charge is 0.322 e. The molecule has 4 rings (SSSR count). The van der Waals surface area contributed by atoms with Gasteiger partial charge in [0.25, 0.3) is 0 Å². The minimum atomic E-state index is -0.608. The van der Waals surface area contributed by atoms with Crippen molar-refractivity contribution in [1.29, 1.82) is 0 Å². The first kappa shape index (κ1) is 18.7. The molecule has 0 radical (unpaired) electrons. The molecule has 1 atom stereocenters. The number of nitrogens with zero attached hydrogens (tertiary/aromatic N) is 2. The lowest BCUT2D eigenvalue weighted by Crippen LogP contribution is -2.47. The number of esters is 1. The number of anilines is 2. The van der Waals surface area contributed by atoms with E-state index in [0.717, 1.165) is 43.9 Å². The second kappa shape index (κ2) is 8.19. The van der Waals surface area contributed by atoms with Crippen LogP contribution < -0.4 is 16.0 Å². The summed E-state index contributed by atoms with van der Waals surface area (Å²) in [6.45, 7) is 3.13. The van der Waals surface area contributed by atoms with Crippen LogP contribution in [0.15, 0.2) is 36.4 Å². The van der Waals surface area contributed by atoms with Crippen molar-refractivity contribution in [3.8, 4) is 0 Å². The number of nitrogens with two attached hydrogens (primary N) is 1. The standard InChI is InChI=1S/C22H28N4O2/c1-28-22(27)20(23)12-15-4-8-19(9-5-15)26-13-16(14-26)11-18-7-6-17-3-2-10-24-21(17)25-18/h4-9,16,20H,2-3,10-14,23H2,1H3,(H,24,25)/t20-/m0/s1. The number of carbonyl (C=O) groups is 1. The summed E-state index contributed by atoms with van der Waals surface area (Å²) in [5.41, 5.74) is 10.6. The van der Waals surface area contributed by atoms with E-state index in [1.165, 1.54) is 30.5 Å². The van der Waals surface area contributed by atoms with Gasteiger partial charge in [-0.1, -0.05) is 18.2 Å². The Balaban J connectivity index is 1.28. The lowest BCUT2D eigenvalue weighted by Gasteiger charge is -2.41. The molecule has 0 unspecified atom stereocenters. The van der Waals surface area contributed by atoms with Gasteiger partial charge in [-0.2, -0.15) is 0 Å². The van der Waals surface area contributed by atoms with Crippen molar-refractivity contribution in [2.75, 3.05) is 37.0 Å². The van der Waals surface area contributed by atoms with Crippen LogP contribution in [0.4, 0.5) is 11.5 Å². The van der Waals surface area contributed by atoms with Crippen LogP contribution in [0.3, 0.4) is 0 Å². The van der Waals surface area contributed by atoms with Crippen molar-refractivity contribution in [2.24, 2.45) is 11.7 Å². The quantitative estimate of drug-likeness (QED) is 0.748. The number of aryl methyl sites for hydroxylation is 1. The van der Waals surface area contributed by atoms with Crippen molar-refractivity contribution in [3.05, 3.63) is 53.2 Å². The van der Waals surface area contributed by atoms with Crippen LogP contribution in [0.25, 0.3) is 0 Å². The molecule has 3 N–H and O–H groups in total. The lowest BCUT2D eigenvalue weighted by molar-refractivity contribution is -0.142. The summed E-state index contributed by atoms with van der Waals surface area (Å²) < 4.78 is 4.68. The predicted molar refractivity (Wildman–Crippen MR) is 111 cm³/mol. The van der Waals surface area contributed by atoms with Gasteiger partial charge < -0.3 is 20.7 Å². The molecule has 0 saturated carbocycles. The van der Waals surface area contributed by atoms with E-state index in [-0.39, 0.29) is 5.97 Å². The maximum atomic E-state index is 11.4. The Morgan fingerprint density at radius 3 is 2.82 bits per heavy atom. The van der Waals surface area contributed by atoms with Gasteiger partial charge in [0.2, 0.25) is 0 Å². The van der Waals surface area contributed by atoms with E-state index in [2.05, 4.69) is 39.2 Å². The number of benzene rings is 1. The Hall–Kier alpha value is -2.60. The highest BCUT2D eigenvalue weighted by molar-refractivity contribution is 5.75. The second-order valence-electron chi connectivity index (χ2n) is 7.82. The number of nitrogens with one attached hydrogen (secondary N) is 1. The van der Waals surface area contributed by atoms with E-state index in [0.29, 0.717) is 12.3 Å². The number of carbonyl (C=O) groups excluding carboxylic acids is 1. The second-order valence-corrected chi connectivity index (χ2v) is 7.82. The third kappa shape index (κ3) is 4.12. The first-order chi connectivity index (χ1) is 13.6. The normalized spacial score (nSPS) is 17.3. The average molecular weight is 380 g/mol. The van der Waals surface area contributed by atoms with Gasteiger partial charge in [0, 0.05) is 31.0 Å². The summed E-state index contributed by atoms with van der Waals surface area (Å²) in [5.74, 6) is 1.35. The molecular formula is C22H28N4O2. The molecule has 3 heterocycles. The highest BCUT2D eigenvalue weighted by Gasteiger charge is 2.27. The molecule has 0 spiro atoms. The fourth-order valence-electron chi connectivity index (χ4n) is 4.02. The molecule has 0 aliphatic carbocycles. The lowest BCUT2D eigenvalue weighted by atomic mass is 9.93. The maximum Gasteiger partial charge on any atom is 0.322 e. The minimum Gasteiger partial charge on any atom is -0.468 e. The highest BCUT2D eigenvalue weighted by atomic mass is 16.5. The van der Waals surface area contributed by atoms with Crippen LogP contribution in [-0.2, 0) is 28.8 Å². The van der Waals surface area contributed by atoms with Crippen molar-refractivity contribution >= 4 is 17.5 Å². The molecule has 2 aliphatic rings. The van der Waals surface area contributed by atoms with Gasteiger partial charge in [-0.05, 0) is 60.9 Å². The fraction of sp³-hybridized carbons (Fsp3) is 0.455.